The molecule has 100 valence electrons. The highest BCUT2D eigenvalue weighted by atomic mass is 35.5. The molecule has 4 nitrogen and oxygen atoms in total. The van der Waals surface area contributed by atoms with E-state index in [1.54, 1.807) is 18.2 Å². The van der Waals surface area contributed by atoms with Gasteiger partial charge in [-0.1, -0.05) is 11.6 Å². The predicted molar refractivity (Wildman–Crippen MR) is 70.9 cm³/mol. The van der Waals surface area contributed by atoms with Crippen LogP contribution in [-0.4, -0.2) is 31.3 Å². The van der Waals surface area contributed by atoms with Crippen molar-refractivity contribution in [2.24, 2.45) is 0 Å². The van der Waals surface area contributed by atoms with Crippen LogP contribution >= 0.6 is 11.6 Å². The van der Waals surface area contributed by atoms with Crippen LogP contribution in [0.2, 0.25) is 5.02 Å². The van der Waals surface area contributed by atoms with Crippen molar-refractivity contribution in [3.63, 3.8) is 0 Å². The first-order valence-electron chi connectivity index (χ1n) is 5.88. The van der Waals surface area contributed by atoms with Gasteiger partial charge in [0.1, 0.15) is 5.75 Å². The molecular formula is C13H18ClNO3. The van der Waals surface area contributed by atoms with Crippen LogP contribution in [0.15, 0.2) is 18.2 Å². The lowest BCUT2D eigenvalue weighted by Gasteiger charge is -2.06. The SMILES string of the molecule is COC(=O)CCNCCCc1cc(Cl)ccc1O. The molecule has 2 N–H and O–H groups in total. The fraction of sp³-hybridized carbons (Fsp3) is 0.462. The van der Waals surface area contributed by atoms with Crippen LogP contribution in [-0.2, 0) is 16.0 Å². The van der Waals surface area contributed by atoms with Crippen molar-refractivity contribution in [1.29, 1.82) is 0 Å². The number of rotatable bonds is 7. The van der Waals surface area contributed by atoms with Crippen LogP contribution in [0.4, 0.5) is 0 Å². The first-order chi connectivity index (χ1) is 8.63. The molecule has 0 aromatic heterocycles. The van der Waals surface area contributed by atoms with Gasteiger partial charge >= 0.3 is 5.97 Å². The summed E-state index contributed by atoms with van der Waals surface area (Å²) >= 11 is 5.85. The number of hydrogen-bond acceptors (Lipinski definition) is 4. The van der Waals surface area contributed by atoms with Crippen LogP contribution in [0, 0.1) is 0 Å². The number of aromatic hydroxyl groups is 1. The molecule has 5 heteroatoms. The van der Waals surface area contributed by atoms with Gasteiger partial charge in [-0.25, -0.2) is 0 Å². The highest BCUT2D eigenvalue weighted by Gasteiger charge is 2.02. The average molecular weight is 272 g/mol. The minimum absolute atomic E-state index is 0.213. The largest absolute Gasteiger partial charge is 0.508 e. The molecule has 0 amide bonds. The fourth-order valence-electron chi connectivity index (χ4n) is 1.58. The standard InChI is InChI=1S/C13H18ClNO3/c1-18-13(17)6-8-15-7-2-3-10-9-11(14)4-5-12(10)16/h4-5,9,15-16H,2-3,6-8H2,1H3. The Kier molecular flexibility index (Phi) is 6.54. The second kappa shape index (κ2) is 7.95. The third-order valence-electron chi connectivity index (χ3n) is 2.57. The number of halogens is 1. The van der Waals surface area contributed by atoms with Crippen LogP contribution in [0.1, 0.15) is 18.4 Å². The summed E-state index contributed by atoms with van der Waals surface area (Å²) in [5, 5.41) is 13.4. The van der Waals surface area contributed by atoms with Crippen LogP contribution in [0.25, 0.3) is 0 Å². The van der Waals surface area contributed by atoms with Gasteiger partial charge in [0.2, 0.25) is 0 Å². The van der Waals surface area contributed by atoms with Gasteiger partial charge in [-0.15, -0.1) is 0 Å². The lowest BCUT2D eigenvalue weighted by Crippen LogP contribution is -2.20. The Morgan fingerprint density at radius 2 is 2.22 bits per heavy atom. The number of hydrogen-bond donors (Lipinski definition) is 2. The third kappa shape index (κ3) is 5.38. The quantitative estimate of drug-likeness (QED) is 0.589. The Balaban J connectivity index is 2.18. The molecule has 18 heavy (non-hydrogen) atoms. The molecule has 0 aliphatic carbocycles. The minimum atomic E-state index is -0.213. The highest BCUT2D eigenvalue weighted by molar-refractivity contribution is 6.30. The van der Waals surface area contributed by atoms with Crippen LogP contribution < -0.4 is 5.32 Å². The van der Waals surface area contributed by atoms with E-state index in [9.17, 15) is 9.90 Å². The number of esters is 1. The second-order valence-electron chi connectivity index (χ2n) is 3.95. The number of phenolic OH excluding ortho intramolecular Hbond substituents is 1. The monoisotopic (exact) mass is 271 g/mol. The number of carbonyl (C=O) groups is 1. The number of ether oxygens (including phenoxy) is 1. The molecule has 0 saturated heterocycles. The molecule has 0 unspecified atom stereocenters. The van der Waals surface area contributed by atoms with Crippen molar-refractivity contribution in [2.75, 3.05) is 20.2 Å². The van der Waals surface area contributed by atoms with Gasteiger partial charge in [0.25, 0.3) is 0 Å². The summed E-state index contributed by atoms with van der Waals surface area (Å²) in [6.45, 7) is 1.39. The summed E-state index contributed by atoms with van der Waals surface area (Å²) in [5.41, 5.74) is 0.845. The van der Waals surface area contributed by atoms with E-state index >= 15 is 0 Å². The van der Waals surface area contributed by atoms with Gasteiger partial charge in [-0.3, -0.25) is 4.79 Å². The summed E-state index contributed by atoms with van der Waals surface area (Å²) in [6.07, 6.45) is 1.99. The molecule has 0 spiro atoms. The fourth-order valence-corrected chi connectivity index (χ4v) is 1.77. The van der Waals surface area contributed by atoms with Crippen LogP contribution in [0.3, 0.4) is 0 Å². The Hall–Kier alpha value is -1.26. The topological polar surface area (TPSA) is 58.6 Å². The van der Waals surface area contributed by atoms with E-state index in [2.05, 4.69) is 10.1 Å². The normalized spacial score (nSPS) is 10.3. The van der Waals surface area contributed by atoms with Gasteiger partial charge < -0.3 is 15.2 Å². The third-order valence-corrected chi connectivity index (χ3v) is 2.81. The molecule has 0 aliphatic heterocycles. The van der Waals surface area contributed by atoms with Crippen LogP contribution in [0.5, 0.6) is 5.75 Å². The van der Waals surface area contributed by atoms with Crippen molar-refractivity contribution in [1.82, 2.24) is 5.32 Å². The number of methoxy groups -OCH3 is 1. The van der Waals surface area contributed by atoms with Crippen molar-refractivity contribution in [2.45, 2.75) is 19.3 Å². The molecule has 1 aromatic rings. The molecule has 0 fully saturated rings. The minimum Gasteiger partial charge on any atom is -0.508 e. The zero-order valence-corrected chi connectivity index (χ0v) is 11.2. The summed E-state index contributed by atoms with van der Waals surface area (Å²) in [5.74, 6) is 0.0592. The van der Waals surface area contributed by atoms with E-state index in [0.29, 0.717) is 18.0 Å². The van der Waals surface area contributed by atoms with E-state index in [0.717, 1.165) is 24.9 Å². The molecule has 0 bridgehead atoms. The first kappa shape index (κ1) is 14.8. The Labute approximate surface area is 112 Å². The van der Waals surface area contributed by atoms with Crippen molar-refractivity contribution >= 4 is 17.6 Å². The number of aryl methyl sites for hydroxylation is 1. The van der Waals surface area contributed by atoms with Gasteiger partial charge in [0.15, 0.2) is 0 Å². The number of carbonyl (C=O) groups excluding carboxylic acids is 1. The molecule has 0 saturated carbocycles. The molecular weight excluding hydrogens is 254 g/mol. The van der Waals surface area contributed by atoms with Gasteiger partial charge in [-0.2, -0.15) is 0 Å². The second-order valence-corrected chi connectivity index (χ2v) is 4.39. The number of nitrogens with one attached hydrogen (secondary N) is 1. The van der Waals surface area contributed by atoms with Gasteiger partial charge in [0, 0.05) is 11.6 Å². The molecule has 0 atom stereocenters. The Morgan fingerprint density at radius 1 is 1.44 bits per heavy atom. The predicted octanol–water partition coefficient (Wildman–Crippen LogP) is 2.13. The lowest BCUT2D eigenvalue weighted by atomic mass is 10.1. The molecule has 0 radical (unpaired) electrons. The molecule has 1 aromatic carbocycles. The number of phenols is 1. The van der Waals surface area contributed by atoms with Crippen molar-refractivity contribution in [3.05, 3.63) is 28.8 Å². The maximum Gasteiger partial charge on any atom is 0.306 e. The summed E-state index contributed by atoms with van der Waals surface area (Å²) in [7, 11) is 1.38. The van der Waals surface area contributed by atoms with E-state index in [1.807, 2.05) is 0 Å². The summed E-state index contributed by atoms with van der Waals surface area (Å²) in [4.78, 5) is 10.8. The van der Waals surface area contributed by atoms with E-state index in [-0.39, 0.29) is 11.7 Å². The zero-order chi connectivity index (χ0) is 13.4. The summed E-state index contributed by atoms with van der Waals surface area (Å²) < 4.78 is 4.53. The van der Waals surface area contributed by atoms with E-state index < -0.39 is 0 Å². The van der Waals surface area contributed by atoms with Gasteiger partial charge in [-0.05, 0) is 43.1 Å². The van der Waals surface area contributed by atoms with E-state index in [4.69, 9.17) is 11.6 Å². The molecule has 0 aliphatic rings. The molecule has 0 heterocycles. The van der Waals surface area contributed by atoms with Crippen molar-refractivity contribution in [3.8, 4) is 5.75 Å². The number of benzene rings is 1. The maximum absolute atomic E-state index is 10.8. The Bertz CT molecular complexity index is 396. The Morgan fingerprint density at radius 3 is 2.94 bits per heavy atom. The highest BCUT2D eigenvalue weighted by Crippen LogP contribution is 2.22. The average Bonchev–Trinajstić information content (AvgIpc) is 2.37. The lowest BCUT2D eigenvalue weighted by molar-refractivity contribution is -0.140. The summed E-state index contributed by atoms with van der Waals surface area (Å²) in [6, 6.07) is 5.03. The molecule has 1 rings (SSSR count). The van der Waals surface area contributed by atoms with Gasteiger partial charge in [0.05, 0.1) is 13.5 Å². The smallest absolute Gasteiger partial charge is 0.306 e. The zero-order valence-electron chi connectivity index (χ0n) is 10.4. The van der Waals surface area contributed by atoms with E-state index in [1.165, 1.54) is 7.11 Å². The first-order valence-corrected chi connectivity index (χ1v) is 6.26. The van der Waals surface area contributed by atoms with Crippen molar-refractivity contribution < 1.29 is 14.6 Å². The maximum atomic E-state index is 10.8.